The molecule has 0 unspecified atom stereocenters. The molecule has 8 heteroatoms. The van der Waals surface area contributed by atoms with Gasteiger partial charge in [-0.15, -0.1) is 0 Å². The first kappa shape index (κ1) is 23.9. The van der Waals surface area contributed by atoms with Crippen molar-refractivity contribution >= 4 is 34.7 Å². The van der Waals surface area contributed by atoms with Crippen LogP contribution >= 0.6 is 11.8 Å². The van der Waals surface area contributed by atoms with E-state index in [4.69, 9.17) is 4.74 Å². The van der Waals surface area contributed by atoms with Crippen molar-refractivity contribution in [2.45, 2.75) is 25.6 Å². The Hall–Kier alpha value is -4.22. The molecule has 3 aromatic carbocycles. The van der Waals surface area contributed by atoms with Gasteiger partial charge in [0.05, 0.1) is 23.6 Å². The zero-order valence-corrected chi connectivity index (χ0v) is 20.2. The van der Waals surface area contributed by atoms with Gasteiger partial charge < -0.3 is 4.74 Å². The Labute approximate surface area is 207 Å². The number of carbonyl (C=O) groups excluding carboxylic acids is 1. The highest BCUT2D eigenvalue weighted by atomic mass is 32.2. The fraction of sp³-hybridized carbons (Fsp3) is 0.148. The Kier molecular flexibility index (Phi) is 7.70. The Balaban J connectivity index is 1.48. The van der Waals surface area contributed by atoms with Gasteiger partial charge in [0.1, 0.15) is 12.4 Å². The van der Waals surface area contributed by atoms with Crippen LogP contribution in [0.1, 0.15) is 28.1 Å². The monoisotopic (exact) mass is 481 g/mol. The van der Waals surface area contributed by atoms with Crippen molar-refractivity contribution in [3.63, 3.8) is 0 Å². The molecule has 0 aliphatic carbocycles. The molecular weight excluding hydrogens is 458 g/mol. The molecule has 0 spiro atoms. The highest BCUT2D eigenvalue weighted by molar-refractivity contribution is 7.99. The van der Waals surface area contributed by atoms with E-state index in [1.54, 1.807) is 12.3 Å². The number of aryl methyl sites for hydroxylation is 2. The molecule has 0 aliphatic heterocycles. The minimum absolute atomic E-state index is 0.143. The number of hydrogen-bond acceptors (Lipinski definition) is 7. The summed E-state index contributed by atoms with van der Waals surface area (Å²) in [6.07, 6.45) is 1.59. The van der Waals surface area contributed by atoms with Crippen LogP contribution in [-0.4, -0.2) is 27.8 Å². The number of nitriles is 1. The third-order valence-electron chi connectivity index (χ3n) is 5.13. The number of aromatic nitrogens is 2. The van der Waals surface area contributed by atoms with Crippen LogP contribution in [0.15, 0.2) is 77.0 Å². The smallest absolute Gasteiger partial charge is 0.250 e. The fourth-order valence-corrected chi connectivity index (χ4v) is 4.28. The maximum atomic E-state index is 12.3. The van der Waals surface area contributed by atoms with E-state index in [-0.39, 0.29) is 18.3 Å². The molecule has 1 N–H and O–H groups in total. The highest BCUT2D eigenvalue weighted by Gasteiger charge is 2.10. The number of benzene rings is 3. The molecule has 7 nitrogen and oxygen atoms in total. The van der Waals surface area contributed by atoms with Crippen LogP contribution in [0.2, 0.25) is 0 Å². The van der Waals surface area contributed by atoms with Gasteiger partial charge in [0.2, 0.25) is 0 Å². The zero-order chi connectivity index (χ0) is 24.6. The van der Waals surface area contributed by atoms with Gasteiger partial charge in [0, 0.05) is 22.5 Å². The number of carbonyl (C=O) groups is 1. The first-order chi connectivity index (χ1) is 17.0. The second kappa shape index (κ2) is 11.3. The fourth-order valence-electron chi connectivity index (χ4n) is 3.53. The summed E-state index contributed by atoms with van der Waals surface area (Å²) in [7, 11) is 0. The molecule has 0 radical (unpaired) electrons. The summed E-state index contributed by atoms with van der Waals surface area (Å²) in [5, 5.41) is 16.0. The molecule has 174 valence electrons. The van der Waals surface area contributed by atoms with Crippen molar-refractivity contribution in [3.05, 3.63) is 94.8 Å². The molecule has 4 rings (SSSR count). The number of ether oxygens (including phenoxy) is 1. The lowest BCUT2D eigenvalue weighted by Gasteiger charge is -2.12. The lowest BCUT2D eigenvalue weighted by Crippen LogP contribution is -2.20. The minimum Gasteiger partial charge on any atom is -0.488 e. The second-order valence-electron chi connectivity index (χ2n) is 7.77. The summed E-state index contributed by atoms with van der Waals surface area (Å²) >= 11 is 1.26. The van der Waals surface area contributed by atoms with Crippen molar-refractivity contribution < 1.29 is 9.53 Å². The third-order valence-corrected chi connectivity index (χ3v) is 5.98. The second-order valence-corrected chi connectivity index (χ2v) is 8.71. The maximum Gasteiger partial charge on any atom is 0.250 e. The number of nitrogens with one attached hydrogen (secondary N) is 1. The minimum atomic E-state index is -0.264. The summed E-state index contributed by atoms with van der Waals surface area (Å²) in [4.78, 5) is 21.0. The quantitative estimate of drug-likeness (QED) is 0.166. The molecule has 0 bridgehead atoms. The van der Waals surface area contributed by atoms with Crippen LogP contribution in [-0.2, 0) is 11.4 Å². The van der Waals surface area contributed by atoms with Crippen LogP contribution < -0.4 is 10.2 Å². The van der Waals surface area contributed by atoms with Gasteiger partial charge in [0.25, 0.3) is 5.91 Å². The van der Waals surface area contributed by atoms with E-state index in [0.717, 1.165) is 33.3 Å². The average Bonchev–Trinajstić information content (AvgIpc) is 2.86. The molecule has 0 fully saturated rings. The number of thioether (sulfide) groups is 1. The van der Waals surface area contributed by atoms with E-state index >= 15 is 0 Å². The molecule has 0 atom stereocenters. The first-order valence-corrected chi connectivity index (χ1v) is 11.9. The normalized spacial score (nSPS) is 10.9. The lowest BCUT2D eigenvalue weighted by molar-refractivity contribution is -0.118. The summed E-state index contributed by atoms with van der Waals surface area (Å²) < 4.78 is 6.08. The molecule has 35 heavy (non-hydrogen) atoms. The number of hydrazone groups is 1. The van der Waals surface area contributed by atoms with Gasteiger partial charge in [-0.05, 0) is 42.8 Å². The van der Waals surface area contributed by atoms with Crippen molar-refractivity contribution in [1.82, 2.24) is 15.4 Å². The van der Waals surface area contributed by atoms with E-state index < -0.39 is 0 Å². The SMILES string of the molecule is Cc1cc(C)nc(SCC(=O)N/N=C\c2c(OCc3ccccc3C#N)ccc3ccccc23)n1. The predicted octanol–water partition coefficient (Wildman–Crippen LogP) is 4.94. The molecule has 0 aliphatic rings. The predicted molar refractivity (Wildman–Crippen MR) is 137 cm³/mol. The molecule has 1 amide bonds. The Morgan fingerprint density at radius 1 is 1.09 bits per heavy atom. The van der Waals surface area contributed by atoms with Crippen LogP contribution in [0.4, 0.5) is 0 Å². The van der Waals surface area contributed by atoms with Gasteiger partial charge >= 0.3 is 0 Å². The third kappa shape index (κ3) is 6.22. The summed E-state index contributed by atoms with van der Waals surface area (Å²) in [6, 6.07) is 23.1. The maximum absolute atomic E-state index is 12.3. The molecule has 4 aromatic rings. The molecular formula is C27H23N5O2S. The number of amides is 1. The zero-order valence-electron chi connectivity index (χ0n) is 19.4. The van der Waals surface area contributed by atoms with E-state index in [2.05, 4.69) is 26.6 Å². The number of nitrogens with zero attached hydrogens (tertiary/aromatic N) is 4. The first-order valence-electron chi connectivity index (χ1n) is 10.9. The Morgan fingerprint density at radius 2 is 1.83 bits per heavy atom. The van der Waals surface area contributed by atoms with Crippen LogP contribution in [0.5, 0.6) is 5.75 Å². The van der Waals surface area contributed by atoms with Gasteiger partial charge in [-0.2, -0.15) is 10.4 Å². The van der Waals surface area contributed by atoms with Crippen molar-refractivity contribution in [1.29, 1.82) is 5.26 Å². The van der Waals surface area contributed by atoms with E-state index in [9.17, 15) is 10.1 Å². The average molecular weight is 482 g/mol. The van der Waals surface area contributed by atoms with Crippen LogP contribution in [0.25, 0.3) is 10.8 Å². The molecule has 1 aromatic heterocycles. The molecule has 0 saturated heterocycles. The Morgan fingerprint density at radius 3 is 2.63 bits per heavy atom. The van der Waals surface area contributed by atoms with Gasteiger partial charge in [0.15, 0.2) is 5.16 Å². The standard InChI is InChI=1S/C27H23N5O2S/c1-18-13-19(2)31-27(30-18)35-17-26(33)32-29-15-24-23-10-6-5-7-20(23)11-12-25(24)34-16-22-9-4-3-8-21(22)14-28/h3-13,15H,16-17H2,1-2H3,(H,32,33)/b29-15-. The summed E-state index contributed by atoms with van der Waals surface area (Å²) in [5.74, 6) is 0.483. The largest absolute Gasteiger partial charge is 0.488 e. The van der Waals surface area contributed by atoms with Crippen molar-refractivity contribution in [2.24, 2.45) is 5.10 Å². The van der Waals surface area contributed by atoms with E-state index in [0.29, 0.717) is 16.5 Å². The lowest BCUT2D eigenvalue weighted by atomic mass is 10.0. The van der Waals surface area contributed by atoms with E-state index in [1.807, 2.05) is 74.5 Å². The van der Waals surface area contributed by atoms with E-state index in [1.165, 1.54) is 11.8 Å². The van der Waals surface area contributed by atoms with Gasteiger partial charge in [-0.3, -0.25) is 4.79 Å². The van der Waals surface area contributed by atoms with Crippen LogP contribution in [0.3, 0.4) is 0 Å². The summed E-state index contributed by atoms with van der Waals surface area (Å²) in [6.45, 7) is 4.03. The number of fused-ring (bicyclic) bond motifs is 1. The van der Waals surface area contributed by atoms with Gasteiger partial charge in [-0.1, -0.05) is 60.3 Å². The van der Waals surface area contributed by atoms with Crippen molar-refractivity contribution in [3.8, 4) is 11.8 Å². The van der Waals surface area contributed by atoms with Gasteiger partial charge in [-0.25, -0.2) is 15.4 Å². The number of rotatable bonds is 8. The molecule has 1 heterocycles. The van der Waals surface area contributed by atoms with Crippen molar-refractivity contribution in [2.75, 3.05) is 5.75 Å². The molecule has 0 saturated carbocycles. The highest BCUT2D eigenvalue weighted by Crippen LogP contribution is 2.27. The van der Waals surface area contributed by atoms with Crippen LogP contribution in [0, 0.1) is 25.2 Å². The Bertz CT molecular complexity index is 1430. The number of hydrogen-bond donors (Lipinski definition) is 1. The summed E-state index contributed by atoms with van der Waals surface area (Å²) in [5.41, 5.74) is 6.40. The topological polar surface area (TPSA) is 100 Å².